The Morgan fingerprint density at radius 1 is 0.867 bits per heavy atom. The van der Waals surface area contributed by atoms with E-state index < -0.39 is 73.1 Å². The van der Waals surface area contributed by atoms with Gasteiger partial charge in [-0.05, 0) is 18.8 Å². The molecule has 0 heterocycles. The predicted octanol–water partition coefficient (Wildman–Crippen LogP) is -2.13. The topological polar surface area (TPSA) is 225 Å². The minimum absolute atomic E-state index is 0.105. The molecule has 0 radical (unpaired) electrons. The summed E-state index contributed by atoms with van der Waals surface area (Å²) in [6.45, 7) is 2.98. The zero-order chi connectivity index (χ0) is 23.4. The van der Waals surface area contributed by atoms with Crippen molar-refractivity contribution in [1.82, 2.24) is 16.0 Å². The molecular formula is C17H28N4O9. The molecule has 0 saturated carbocycles. The molecule has 13 heteroatoms. The summed E-state index contributed by atoms with van der Waals surface area (Å²) in [6.07, 6.45) is -1.23. The van der Waals surface area contributed by atoms with Gasteiger partial charge in [0.1, 0.15) is 12.1 Å². The van der Waals surface area contributed by atoms with E-state index in [1.165, 1.54) is 0 Å². The van der Waals surface area contributed by atoms with Crippen molar-refractivity contribution in [3.8, 4) is 0 Å². The first-order valence-corrected chi connectivity index (χ1v) is 9.12. The Morgan fingerprint density at radius 3 is 1.93 bits per heavy atom. The Hall–Kier alpha value is -3.22. The molecule has 0 aliphatic heterocycles. The number of rotatable bonds is 14. The number of hydrogen-bond donors (Lipinski definition) is 7. The number of nitrogens with one attached hydrogen (secondary N) is 3. The largest absolute Gasteiger partial charge is 0.481 e. The zero-order valence-electron chi connectivity index (χ0n) is 16.7. The Morgan fingerprint density at radius 2 is 1.47 bits per heavy atom. The van der Waals surface area contributed by atoms with Gasteiger partial charge in [0, 0.05) is 6.42 Å². The fourth-order valence-corrected chi connectivity index (χ4v) is 2.34. The second-order valence-electron chi connectivity index (χ2n) is 7.00. The van der Waals surface area contributed by atoms with Crippen molar-refractivity contribution in [2.24, 2.45) is 11.7 Å². The van der Waals surface area contributed by atoms with Crippen LogP contribution in [0.2, 0.25) is 0 Å². The molecule has 0 aliphatic carbocycles. The lowest BCUT2D eigenvalue weighted by atomic mass is 10.0. The van der Waals surface area contributed by atoms with Gasteiger partial charge in [0.15, 0.2) is 0 Å². The Balaban J connectivity index is 4.92. The van der Waals surface area contributed by atoms with Gasteiger partial charge in [-0.25, -0.2) is 4.79 Å². The van der Waals surface area contributed by atoms with Crippen LogP contribution >= 0.6 is 0 Å². The molecule has 0 aromatic carbocycles. The standard InChI is InChI=1S/C17H28N4O9/c1-8(2)5-9(18)15(27)21-10(3-4-13(23)24)16(28)19-7-12(22)20-11(17(29)30)6-14(25)26/h8-11H,3-7,18H2,1-2H3,(H,19,28)(H,20,22)(H,21,27)(H,23,24)(H,25,26)(H,29,30). The SMILES string of the molecule is CC(C)CC(N)C(=O)NC(CCC(=O)O)C(=O)NCC(=O)NC(CC(=O)O)C(=O)O. The average molecular weight is 432 g/mol. The quantitative estimate of drug-likeness (QED) is 0.158. The number of amides is 3. The van der Waals surface area contributed by atoms with Gasteiger partial charge in [0.2, 0.25) is 17.7 Å². The fourth-order valence-electron chi connectivity index (χ4n) is 2.34. The van der Waals surface area contributed by atoms with Gasteiger partial charge < -0.3 is 37.0 Å². The highest BCUT2D eigenvalue weighted by molar-refractivity contribution is 5.93. The zero-order valence-corrected chi connectivity index (χ0v) is 16.7. The van der Waals surface area contributed by atoms with Crippen molar-refractivity contribution in [2.45, 2.75) is 57.7 Å². The summed E-state index contributed by atoms with van der Waals surface area (Å²) in [5, 5.41) is 32.8. The van der Waals surface area contributed by atoms with Crippen LogP contribution in [-0.2, 0) is 28.8 Å². The molecule has 0 bridgehead atoms. The van der Waals surface area contributed by atoms with Crippen LogP contribution in [-0.4, -0.2) is 75.6 Å². The van der Waals surface area contributed by atoms with E-state index >= 15 is 0 Å². The van der Waals surface area contributed by atoms with Crippen LogP contribution in [0, 0.1) is 5.92 Å². The van der Waals surface area contributed by atoms with Gasteiger partial charge in [-0.2, -0.15) is 0 Å². The molecular weight excluding hydrogens is 404 g/mol. The van der Waals surface area contributed by atoms with E-state index in [0.29, 0.717) is 6.42 Å². The number of carbonyl (C=O) groups is 6. The van der Waals surface area contributed by atoms with E-state index in [4.69, 9.17) is 21.1 Å². The van der Waals surface area contributed by atoms with Crippen LogP contribution in [0.1, 0.15) is 39.5 Å². The highest BCUT2D eigenvalue weighted by Gasteiger charge is 2.26. The second kappa shape index (κ2) is 13.1. The van der Waals surface area contributed by atoms with E-state index in [0.717, 1.165) is 0 Å². The molecule has 3 atom stereocenters. The van der Waals surface area contributed by atoms with Crippen molar-refractivity contribution in [3.63, 3.8) is 0 Å². The molecule has 8 N–H and O–H groups in total. The normalized spacial score (nSPS) is 13.6. The number of carboxylic acids is 3. The molecule has 3 unspecified atom stereocenters. The first-order chi connectivity index (χ1) is 13.8. The summed E-state index contributed by atoms with van der Waals surface area (Å²) in [5.74, 6) is -6.62. The Kier molecular flexibility index (Phi) is 11.7. The lowest BCUT2D eigenvalue weighted by Crippen LogP contribution is -2.53. The summed E-state index contributed by atoms with van der Waals surface area (Å²) in [7, 11) is 0. The molecule has 0 aliphatic rings. The van der Waals surface area contributed by atoms with Crippen molar-refractivity contribution < 1.29 is 44.1 Å². The molecule has 0 aromatic heterocycles. The summed E-state index contributed by atoms with van der Waals surface area (Å²) in [5.41, 5.74) is 5.74. The molecule has 0 aromatic rings. The molecule has 170 valence electrons. The monoisotopic (exact) mass is 432 g/mol. The van der Waals surface area contributed by atoms with E-state index in [1.54, 1.807) is 0 Å². The van der Waals surface area contributed by atoms with E-state index in [-0.39, 0.29) is 12.3 Å². The summed E-state index contributed by atoms with van der Waals surface area (Å²) >= 11 is 0. The van der Waals surface area contributed by atoms with Gasteiger partial charge in [-0.1, -0.05) is 13.8 Å². The number of aliphatic carboxylic acids is 3. The van der Waals surface area contributed by atoms with Crippen molar-refractivity contribution >= 4 is 35.6 Å². The molecule has 0 spiro atoms. The molecule has 0 fully saturated rings. The van der Waals surface area contributed by atoms with E-state index in [2.05, 4.69) is 10.6 Å². The maximum atomic E-state index is 12.3. The van der Waals surface area contributed by atoms with Crippen LogP contribution < -0.4 is 21.7 Å². The van der Waals surface area contributed by atoms with Gasteiger partial charge in [-0.3, -0.25) is 24.0 Å². The van der Waals surface area contributed by atoms with Crippen molar-refractivity contribution in [2.75, 3.05) is 6.54 Å². The molecule has 0 rings (SSSR count). The third kappa shape index (κ3) is 11.6. The Bertz CT molecular complexity index is 666. The number of nitrogens with two attached hydrogens (primary N) is 1. The lowest BCUT2D eigenvalue weighted by Gasteiger charge is -2.21. The maximum absolute atomic E-state index is 12.3. The van der Waals surface area contributed by atoms with Crippen LogP contribution in [0.25, 0.3) is 0 Å². The smallest absolute Gasteiger partial charge is 0.326 e. The highest BCUT2D eigenvalue weighted by Crippen LogP contribution is 2.05. The predicted molar refractivity (Wildman–Crippen MR) is 101 cm³/mol. The maximum Gasteiger partial charge on any atom is 0.326 e. The van der Waals surface area contributed by atoms with Crippen LogP contribution in [0.15, 0.2) is 0 Å². The van der Waals surface area contributed by atoms with Gasteiger partial charge in [0.25, 0.3) is 0 Å². The first-order valence-electron chi connectivity index (χ1n) is 9.12. The third-order valence-corrected chi connectivity index (χ3v) is 3.78. The minimum atomic E-state index is -1.69. The third-order valence-electron chi connectivity index (χ3n) is 3.78. The fraction of sp³-hybridized carbons (Fsp3) is 0.647. The number of carboxylic acid groups (broad SMARTS) is 3. The first kappa shape index (κ1) is 26.8. The van der Waals surface area contributed by atoms with Crippen LogP contribution in [0.3, 0.4) is 0 Å². The molecule has 0 saturated heterocycles. The van der Waals surface area contributed by atoms with E-state index in [9.17, 15) is 28.8 Å². The van der Waals surface area contributed by atoms with Gasteiger partial charge >= 0.3 is 17.9 Å². The number of hydrogen-bond acceptors (Lipinski definition) is 7. The highest BCUT2D eigenvalue weighted by atomic mass is 16.4. The summed E-state index contributed by atoms with van der Waals surface area (Å²) in [6, 6.07) is -3.89. The van der Waals surface area contributed by atoms with Crippen molar-refractivity contribution in [1.29, 1.82) is 0 Å². The summed E-state index contributed by atoms with van der Waals surface area (Å²) in [4.78, 5) is 68.6. The average Bonchev–Trinajstić information content (AvgIpc) is 2.61. The second-order valence-corrected chi connectivity index (χ2v) is 7.00. The lowest BCUT2D eigenvalue weighted by molar-refractivity contribution is -0.147. The number of carbonyl (C=O) groups excluding carboxylic acids is 3. The summed E-state index contributed by atoms with van der Waals surface area (Å²) < 4.78 is 0. The van der Waals surface area contributed by atoms with Gasteiger partial charge in [-0.15, -0.1) is 0 Å². The Labute approximate surface area is 172 Å². The van der Waals surface area contributed by atoms with Gasteiger partial charge in [0.05, 0.1) is 19.0 Å². The molecule has 13 nitrogen and oxygen atoms in total. The molecule has 3 amide bonds. The van der Waals surface area contributed by atoms with Crippen molar-refractivity contribution in [3.05, 3.63) is 0 Å². The van der Waals surface area contributed by atoms with Crippen LogP contribution in [0.5, 0.6) is 0 Å². The molecule has 30 heavy (non-hydrogen) atoms. The minimum Gasteiger partial charge on any atom is -0.481 e. The van der Waals surface area contributed by atoms with E-state index in [1.807, 2.05) is 19.2 Å². The van der Waals surface area contributed by atoms with Crippen LogP contribution in [0.4, 0.5) is 0 Å².